The number of aryl methyl sites for hydroxylation is 2. The Labute approximate surface area is 206 Å². The second kappa shape index (κ2) is 9.56. The lowest BCUT2D eigenvalue weighted by atomic mass is 10.0. The molecule has 0 N–H and O–H groups in total. The van der Waals surface area contributed by atoms with Crippen molar-refractivity contribution < 1.29 is 17.9 Å². The molecule has 2 aromatic carbocycles. The maximum Gasteiger partial charge on any atom is 0.243 e. The van der Waals surface area contributed by atoms with Crippen LogP contribution in [0.2, 0.25) is 0 Å². The summed E-state index contributed by atoms with van der Waals surface area (Å²) in [6.07, 6.45) is 0. The van der Waals surface area contributed by atoms with Crippen LogP contribution in [0.3, 0.4) is 0 Å². The van der Waals surface area contributed by atoms with E-state index in [1.165, 1.54) is 0 Å². The minimum absolute atomic E-state index is 0.427. The largest absolute Gasteiger partial charge is 0.497 e. The Morgan fingerprint density at radius 3 is 1.94 bits per heavy atom. The first-order valence-electron chi connectivity index (χ1n) is 11.2. The van der Waals surface area contributed by atoms with Gasteiger partial charge in [-0.1, -0.05) is 6.07 Å². The van der Waals surface area contributed by atoms with Crippen molar-refractivity contribution in [2.75, 3.05) is 45.3 Å². The van der Waals surface area contributed by atoms with Gasteiger partial charge in [0.05, 0.1) is 24.8 Å². The van der Waals surface area contributed by atoms with Crippen molar-refractivity contribution in [2.24, 2.45) is 0 Å². The number of ether oxygens (including phenoxy) is 2. The lowest BCUT2D eigenvalue weighted by Crippen LogP contribution is -2.49. The molecule has 0 radical (unpaired) electrons. The van der Waals surface area contributed by atoms with Crippen LogP contribution in [0.25, 0.3) is 11.3 Å². The van der Waals surface area contributed by atoms with Crippen molar-refractivity contribution in [2.45, 2.75) is 32.6 Å². The molecular formula is C25H31N3O4S2. The van der Waals surface area contributed by atoms with Gasteiger partial charge in [0.2, 0.25) is 10.0 Å². The molecule has 0 unspecified atom stereocenters. The highest BCUT2D eigenvalue weighted by Crippen LogP contribution is 2.34. The lowest BCUT2D eigenvalue weighted by Gasteiger charge is -2.34. The van der Waals surface area contributed by atoms with Crippen LogP contribution in [0.4, 0.5) is 5.13 Å². The average molecular weight is 502 g/mol. The zero-order chi connectivity index (χ0) is 24.6. The van der Waals surface area contributed by atoms with Crippen LogP contribution in [0.15, 0.2) is 34.5 Å². The molecule has 9 heteroatoms. The Balaban J connectivity index is 1.52. The SMILES string of the molecule is COc1cc(OC)cc(-c2csc(N3CCN(S(=O)(=O)c4c(C)c(C)cc(C)c4C)CC3)n2)c1. The molecule has 3 aromatic rings. The molecule has 7 nitrogen and oxygen atoms in total. The first-order chi connectivity index (χ1) is 16.1. The van der Waals surface area contributed by atoms with Crippen molar-refractivity contribution >= 4 is 26.5 Å². The molecule has 2 heterocycles. The molecule has 1 aliphatic heterocycles. The minimum Gasteiger partial charge on any atom is -0.497 e. The number of piperazine rings is 1. The van der Waals surface area contributed by atoms with Gasteiger partial charge in [-0.2, -0.15) is 4.31 Å². The molecule has 0 atom stereocenters. The van der Waals surface area contributed by atoms with Crippen LogP contribution in [-0.4, -0.2) is 58.1 Å². The van der Waals surface area contributed by atoms with E-state index in [0.29, 0.717) is 42.6 Å². The van der Waals surface area contributed by atoms with Gasteiger partial charge < -0.3 is 14.4 Å². The highest BCUT2D eigenvalue weighted by atomic mass is 32.2. The summed E-state index contributed by atoms with van der Waals surface area (Å²) in [5.74, 6) is 1.42. The van der Waals surface area contributed by atoms with E-state index >= 15 is 0 Å². The van der Waals surface area contributed by atoms with Crippen LogP contribution in [-0.2, 0) is 10.0 Å². The van der Waals surface area contributed by atoms with E-state index in [1.807, 2.05) is 51.3 Å². The summed E-state index contributed by atoms with van der Waals surface area (Å²) in [6, 6.07) is 7.75. The maximum atomic E-state index is 13.6. The van der Waals surface area contributed by atoms with Gasteiger partial charge in [0.25, 0.3) is 0 Å². The van der Waals surface area contributed by atoms with E-state index < -0.39 is 10.0 Å². The highest BCUT2D eigenvalue weighted by molar-refractivity contribution is 7.89. The number of methoxy groups -OCH3 is 2. The first-order valence-corrected chi connectivity index (χ1v) is 13.5. The minimum atomic E-state index is -3.57. The predicted molar refractivity (Wildman–Crippen MR) is 137 cm³/mol. The third-order valence-corrected chi connectivity index (χ3v) is 9.62. The summed E-state index contributed by atoms with van der Waals surface area (Å²) < 4.78 is 39.5. The van der Waals surface area contributed by atoms with E-state index in [0.717, 1.165) is 38.6 Å². The lowest BCUT2D eigenvalue weighted by molar-refractivity contribution is 0.384. The number of hydrogen-bond donors (Lipinski definition) is 0. The Bertz CT molecular complexity index is 1260. The van der Waals surface area contributed by atoms with E-state index in [9.17, 15) is 8.42 Å². The van der Waals surface area contributed by atoms with Gasteiger partial charge in [0.1, 0.15) is 11.5 Å². The molecule has 34 heavy (non-hydrogen) atoms. The summed E-state index contributed by atoms with van der Waals surface area (Å²) >= 11 is 1.56. The molecular weight excluding hydrogens is 470 g/mol. The van der Waals surface area contributed by atoms with Gasteiger partial charge in [0, 0.05) is 43.2 Å². The van der Waals surface area contributed by atoms with E-state index in [2.05, 4.69) is 11.0 Å². The van der Waals surface area contributed by atoms with Crippen LogP contribution in [0.1, 0.15) is 22.3 Å². The Hall–Kier alpha value is -2.62. The second-order valence-corrected chi connectivity index (χ2v) is 11.3. The molecule has 0 spiro atoms. The fraction of sp³-hybridized carbons (Fsp3) is 0.400. The van der Waals surface area contributed by atoms with E-state index in [-0.39, 0.29) is 0 Å². The molecule has 182 valence electrons. The summed E-state index contributed by atoms with van der Waals surface area (Å²) in [5, 5.41) is 2.89. The number of nitrogens with zero attached hydrogens (tertiary/aromatic N) is 3. The summed E-state index contributed by atoms with van der Waals surface area (Å²) in [4.78, 5) is 7.43. The zero-order valence-corrected chi connectivity index (χ0v) is 22.1. The summed E-state index contributed by atoms with van der Waals surface area (Å²) in [7, 11) is -0.316. The molecule has 0 saturated carbocycles. The van der Waals surface area contributed by atoms with Gasteiger partial charge in [-0.15, -0.1) is 11.3 Å². The van der Waals surface area contributed by atoms with Crippen molar-refractivity contribution in [3.8, 4) is 22.8 Å². The molecule has 1 fully saturated rings. The molecule has 1 aromatic heterocycles. The van der Waals surface area contributed by atoms with Crippen LogP contribution in [0.5, 0.6) is 11.5 Å². The highest BCUT2D eigenvalue weighted by Gasteiger charge is 2.32. The molecule has 0 amide bonds. The van der Waals surface area contributed by atoms with Crippen molar-refractivity contribution in [3.63, 3.8) is 0 Å². The third kappa shape index (κ3) is 4.52. The quantitative estimate of drug-likeness (QED) is 0.493. The molecule has 0 bridgehead atoms. The van der Waals surface area contributed by atoms with Gasteiger partial charge in [0.15, 0.2) is 5.13 Å². The number of rotatable bonds is 6. The van der Waals surface area contributed by atoms with Gasteiger partial charge in [-0.25, -0.2) is 13.4 Å². The number of hydrogen-bond acceptors (Lipinski definition) is 7. The van der Waals surface area contributed by atoms with Crippen molar-refractivity contribution in [1.29, 1.82) is 0 Å². The number of anilines is 1. The summed E-state index contributed by atoms with van der Waals surface area (Å²) in [5.41, 5.74) is 5.44. The Morgan fingerprint density at radius 2 is 1.41 bits per heavy atom. The number of sulfonamides is 1. The molecule has 1 saturated heterocycles. The predicted octanol–water partition coefficient (Wildman–Crippen LogP) is 4.57. The first kappa shape index (κ1) is 24.5. The normalized spacial score (nSPS) is 14.9. The van der Waals surface area contributed by atoms with Gasteiger partial charge in [-0.3, -0.25) is 0 Å². The maximum absolute atomic E-state index is 13.6. The number of benzene rings is 2. The van der Waals surface area contributed by atoms with Crippen molar-refractivity contribution in [3.05, 3.63) is 51.9 Å². The van der Waals surface area contributed by atoms with Gasteiger partial charge in [-0.05, 0) is 62.1 Å². The van der Waals surface area contributed by atoms with Gasteiger partial charge >= 0.3 is 0 Å². The number of aromatic nitrogens is 1. The standard InChI is InChI=1S/C25H31N3O4S2/c1-16-11-17(2)19(4)24(18(16)3)34(29,30)28-9-7-27(8-10-28)25-26-23(15-33-25)20-12-21(31-5)14-22(13-20)32-6/h11-15H,7-10H2,1-6H3. The second-order valence-electron chi connectivity index (χ2n) is 8.60. The van der Waals surface area contributed by atoms with Crippen LogP contribution in [0, 0.1) is 27.7 Å². The average Bonchev–Trinajstić information content (AvgIpc) is 3.33. The van der Waals surface area contributed by atoms with E-state index in [4.69, 9.17) is 14.5 Å². The fourth-order valence-corrected chi connectivity index (χ4v) is 7.20. The zero-order valence-electron chi connectivity index (χ0n) is 20.5. The fourth-order valence-electron chi connectivity index (χ4n) is 4.31. The molecule has 0 aliphatic carbocycles. The molecule has 4 rings (SSSR count). The third-order valence-electron chi connectivity index (χ3n) is 6.54. The number of thiazole rings is 1. The Morgan fingerprint density at radius 1 is 0.853 bits per heavy atom. The smallest absolute Gasteiger partial charge is 0.243 e. The Kier molecular flexibility index (Phi) is 6.89. The monoisotopic (exact) mass is 501 g/mol. The van der Waals surface area contributed by atoms with Crippen LogP contribution >= 0.6 is 11.3 Å². The molecule has 1 aliphatic rings. The van der Waals surface area contributed by atoms with Crippen molar-refractivity contribution in [1.82, 2.24) is 9.29 Å². The topological polar surface area (TPSA) is 72.0 Å². The van der Waals surface area contributed by atoms with E-state index in [1.54, 1.807) is 29.9 Å². The van der Waals surface area contributed by atoms with Crippen LogP contribution < -0.4 is 14.4 Å². The summed E-state index contributed by atoms with van der Waals surface area (Å²) in [6.45, 7) is 9.78.